The van der Waals surface area contributed by atoms with E-state index in [4.69, 9.17) is 0 Å². The van der Waals surface area contributed by atoms with Gasteiger partial charge >= 0.3 is 0 Å². The molecule has 0 aromatic heterocycles. The highest BCUT2D eigenvalue weighted by atomic mass is 16.2. The Hall–Kier alpha value is -2.09. The zero-order chi connectivity index (χ0) is 13.9. The van der Waals surface area contributed by atoms with Gasteiger partial charge in [-0.25, -0.2) is 0 Å². The Morgan fingerprint density at radius 2 is 1.70 bits per heavy atom. The van der Waals surface area contributed by atoms with E-state index in [9.17, 15) is 4.79 Å². The molecule has 1 amide bonds. The molecule has 1 aliphatic rings. The molecule has 1 atom stereocenters. The first-order valence-electron chi connectivity index (χ1n) is 7.27. The van der Waals surface area contributed by atoms with Crippen molar-refractivity contribution in [2.75, 3.05) is 6.54 Å². The molecule has 0 N–H and O–H groups in total. The van der Waals surface area contributed by atoms with Crippen LogP contribution in [0.3, 0.4) is 0 Å². The standard InChI is InChI=1S/C18H19NO/c1-2-3-13-19-17(14-9-5-4-6-10-14)15-11-7-8-12-16(15)18(19)20/h4-12,17H,2-3,13H2,1H3. The Morgan fingerprint density at radius 1 is 1.00 bits per heavy atom. The van der Waals surface area contributed by atoms with Gasteiger partial charge < -0.3 is 4.90 Å². The van der Waals surface area contributed by atoms with Gasteiger partial charge in [0.15, 0.2) is 0 Å². The van der Waals surface area contributed by atoms with Crippen LogP contribution < -0.4 is 0 Å². The minimum Gasteiger partial charge on any atom is -0.327 e. The number of carbonyl (C=O) groups is 1. The summed E-state index contributed by atoms with van der Waals surface area (Å²) in [6.45, 7) is 2.98. The minimum atomic E-state index is 0.0754. The van der Waals surface area contributed by atoms with Gasteiger partial charge in [0.2, 0.25) is 0 Å². The summed E-state index contributed by atoms with van der Waals surface area (Å²) >= 11 is 0. The van der Waals surface area contributed by atoms with Crippen molar-refractivity contribution in [3.05, 3.63) is 71.3 Å². The van der Waals surface area contributed by atoms with Gasteiger partial charge in [0.25, 0.3) is 5.91 Å². The lowest BCUT2D eigenvalue weighted by Crippen LogP contribution is -2.29. The van der Waals surface area contributed by atoms with E-state index < -0.39 is 0 Å². The lowest BCUT2D eigenvalue weighted by atomic mass is 9.98. The van der Waals surface area contributed by atoms with E-state index in [0.717, 1.165) is 30.5 Å². The van der Waals surface area contributed by atoms with Gasteiger partial charge in [0, 0.05) is 12.1 Å². The Labute approximate surface area is 120 Å². The van der Waals surface area contributed by atoms with Crippen molar-refractivity contribution in [2.45, 2.75) is 25.8 Å². The van der Waals surface area contributed by atoms with Gasteiger partial charge in [-0.1, -0.05) is 61.9 Å². The average Bonchev–Trinajstić information content (AvgIpc) is 2.79. The molecule has 0 aliphatic carbocycles. The molecule has 102 valence electrons. The van der Waals surface area contributed by atoms with Gasteiger partial charge in [-0.2, -0.15) is 0 Å². The van der Waals surface area contributed by atoms with Crippen molar-refractivity contribution in [2.24, 2.45) is 0 Å². The van der Waals surface area contributed by atoms with Crippen molar-refractivity contribution in [1.82, 2.24) is 4.90 Å². The molecule has 3 rings (SSSR count). The smallest absolute Gasteiger partial charge is 0.255 e. The van der Waals surface area contributed by atoms with Gasteiger partial charge in [0.05, 0.1) is 6.04 Å². The van der Waals surface area contributed by atoms with E-state index in [1.165, 1.54) is 5.56 Å². The summed E-state index contributed by atoms with van der Waals surface area (Å²) in [6.07, 6.45) is 2.14. The predicted octanol–water partition coefficient (Wildman–Crippen LogP) is 4.03. The second-order valence-electron chi connectivity index (χ2n) is 5.25. The number of hydrogen-bond donors (Lipinski definition) is 0. The minimum absolute atomic E-state index is 0.0754. The summed E-state index contributed by atoms with van der Waals surface area (Å²) < 4.78 is 0. The van der Waals surface area contributed by atoms with Crippen LogP contribution in [0, 0.1) is 0 Å². The number of fused-ring (bicyclic) bond motifs is 1. The summed E-state index contributed by atoms with van der Waals surface area (Å²) in [5.41, 5.74) is 3.19. The fourth-order valence-corrected chi connectivity index (χ4v) is 2.92. The molecule has 0 saturated heterocycles. The van der Waals surface area contributed by atoms with Crippen LogP contribution in [0.2, 0.25) is 0 Å². The van der Waals surface area contributed by atoms with Crippen LogP contribution >= 0.6 is 0 Å². The molecule has 20 heavy (non-hydrogen) atoms. The molecule has 0 radical (unpaired) electrons. The highest BCUT2D eigenvalue weighted by Crippen LogP contribution is 2.38. The lowest BCUT2D eigenvalue weighted by molar-refractivity contribution is 0.0747. The maximum Gasteiger partial charge on any atom is 0.255 e. The summed E-state index contributed by atoms with van der Waals surface area (Å²) in [6, 6.07) is 18.4. The third kappa shape index (κ3) is 2.11. The van der Waals surface area contributed by atoms with Gasteiger partial charge in [-0.3, -0.25) is 4.79 Å². The number of unbranched alkanes of at least 4 members (excludes halogenated alkanes) is 1. The second kappa shape index (κ2) is 5.49. The van der Waals surface area contributed by atoms with E-state index in [-0.39, 0.29) is 11.9 Å². The van der Waals surface area contributed by atoms with E-state index in [1.54, 1.807) is 0 Å². The molecule has 2 aromatic rings. The van der Waals surface area contributed by atoms with Crippen LogP contribution in [-0.4, -0.2) is 17.4 Å². The molecule has 2 aromatic carbocycles. The molecule has 1 aliphatic heterocycles. The Morgan fingerprint density at radius 3 is 2.45 bits per heavy atom. The topological polar surface area (TPSA) is 20.3 Å². The number of nitrogens with zero attached hydrogens (tertiary/aromatic N) is 1. The molecule has 1 unspecified atom stereocenters. The highest BCUT2D eigenvalue weighted by molar-refractivity contribution is 5.99. The van der Waals surface area contributed by atoms with Crippen LogP contribution in [-0.2, 0) is 0 Å². The summed E-state index contributed by atoms with van der Waals surface area (Å²) in [7, 11) is 0. The van der Waals surface area contributed by atoms with Gasteiger partial charge in [-0.05, 0) is 23.6 Å². The highest BCUT2D eigenvalue weighted by Gasteiger charge is 2.36. The Balaban J connectivity index is 2.05. The number of rotatable bonds is 4. The molecule has 0 spiro atoms. The maximum atomic E-state index is 12.6. The molecule has 0 fully saturated rings. The maximum absolute atomic E-state index is 12.6. The van der Waals surface area contributed by atoms with Gasteiger partial charge in [0.1, 0.15) is 0 Å². The monoisotopic (exact) mass is 265 g/mol. The van der Waals surface area contributed by atoms with E-state index in [0.29, 0.717) is 0 Å². The third-order valence-corrected chi connectivity index (χ3v) is 3.93. The van der Waals surface area contributed by atoms with Crippen molar-refractivity contribution >= 4 is 5.91 Å². The molecule has 2 nitrogen and oxygen atoms in total. The van der Waals surface area contributed by atoms with Crippen LogP contribution in [0.4, 0.5) is 0 Å². The Kier molecular flexibility index (Phi) is 3.55. The largest absolute Gasteiger partial charge is 0.327 e. The first-order chi connectivity index (χ1) is 9.83. The predicted molar refractivity (Wildman–Crippen MR) is 80.7 cm³/mol. The molecular formula is C18H19NO. The third-order valence-electron chi connectivity index (χ3n) is 3.93. The lowest BCUT2D eigenvalue weighted by Gasteiger charge is -2.25. The van der Waals surface area contributed by atoms with Gasteiger partial charge in [-0.15, -0.1) is 0 Å². The summed E-state index contributed by atoms with van der Waals surface area (Å²) in [5, 5.41) is 0. The fraction of sp³-hybridized carbons (Fsp3) is 0.278. The van der Waals surface area contributed by atoms with E-state index in [2.05, 4.69) is 25.1 Å². The van der Waals surface area contributed by atoms with Crippen LogP contribution in [0.25, 0.3) is 0 Å². The van der Waals surface area contributed by atoms with Crippen molar-refractivity contribution in [3.63, 3.8) is 0 Å². The fourth-order valence-electron chi connectivity index (χ4n) is 2.92. The summed E-state index contributed by atoms with van der Waals surface area (Å²) in [5.74, 6) is 0.169. The van der Waals surface area contributed by atoms with E-state index >= 15 is 0 Å². The SMILES string of the molecule is CCCCN1C(=O)c2ccccc2C1c1ccccc1. The first kappa shape index (κ1) is 12.9. The zero-order valence-electron chi connectivity index (χ0n) is 11.8. The zero-order valence-corrected chi connectivity index (χ0v) is 11.8. The van der Waals surface area contributed by atoms with Crippen molar-refractivity contribution in [3.8, 4) is 0 Å². The normalized spacial score (nSPS) is 17.4. The molecule has 0 bridgehead atoms. The summed E-state index contributed by atoms with van der Waals surface area (Å²) in [4.78, 5) is 14.6. The number of carbonyl (C=O) groups excluding carboxylic acids is 1. The van der Waals surface area contributed by atoms with E-state index in [1.807, 2.05) is 41.3 Å². The number of benzene rings is 2. The Bertz CT molecular complexity index is 606. The van der Waals surface area contributed by atoms with Crippen molar-refractivity contribution < 1.29 is 4.79 Å². The first-order valence-corrected chi connectivity index (χ1v) is 7.27. The molecule has 1 heterocycles. The molecular weight excluding hydrogens is 246 g/mol. The molecule has 0 saturated carbocycles. The quantitative estimate of drug-likeness (QED) is 0.817. The second-order valence-corrected chi connectivity index (χ2v) is 5.25. The van der Waals surface area contributed by atoms with Crippen LogP contribution in [0.15, 0.2) is 54.6 Å². The van der Waals surface area contributed by atoms with Crippen molar-refractivity contribution in [1.29, 1.82) is 0 Å². The molecule has 2 heteroatoms. The van der Waals surface area contributed by atoms with Crippen LogP contribution in [0.1, 0.15) is 47.3 Å². The van der Waals surface area contributed by atoms with Crippen LogP contribution in [0.5, 0.6) is 0 Å². The average molecular weight is 265 g/mol. The number of hydrogen-bond acceptors (Lipinski definition) is 1. The number of amides is 1.